The molecule has 106 valence electrons. The molecule has 0 saturated heterocycles. The van der Waals surface area contributed by atoms with Gasteiger partial charge in [0, 0.05) is 29.6 Å². The number of esters is 1. The smallest absolute Gasteiger partial charge is 0.313 e. The zero-order valence-electron chi connectivity index (χ0n) is 11.5. The normalized spacial score (nSPS) is 10.5. The molecule has 20 heavy (non-hydrogen) atoms. The Morgan fingerprint density at radius 2 is 2.25 bits per heavy atom. The second-order valence-electron chi connectivity index (χ2n) is 4.29. The van der Waals surface area contributed by atoms with Gasteiger partial charge in [-0.25, -0.2) is 0 Å². The number of thiophene rings is 1. The quantitative estimate of drug-likeness (QED) is 0.465. The Kier molecular flexibility index (Phi) is 4.68. The average Bonchev–Trinajstić information content (AvgIpc) is 3.08. The highest BCUT2D eigenvalue weighted by atomic mass is 32.1. The number of hydrogen-bond acceptors (Lipinski definition) is 5. The molecular weight excluding hydrogens is 276 g/mol. The first-order valence-electron chi connectivity index (χ1n) is 6.32. The number of Topliss-reactive ketones (excluding diaryl/α,β-unsaturated/α-hetero) is 1. The molecule has 0 bridgehead atoms. The Balaban J connectivity index is 2.24. The number of rotatable bonds is 6. The Hall–Kier alpha value is -1.95. The first kappa shape index (κ1) is 14.5. The summed E-state index contributed by atoms with van der Waals surface area (Å²) in [6.07, 6.45) is 2.25. The minimum Gasteiger partial charge on any atom is -0.469 e. The second-order valence-corrected chi connectivity index (χ2v) is 5.32. The lowest BCUT2D eigenvalue weighted by molar-refractivity contribution is -0.139. The van der Waals surface area contributed by atoms with Gasteiger partial charge in [-0.1, -0.05) is 6.07 Å². The fourth-order valence-electron chi connectivity index (χ4n) is 1.88. The summed E-state index contributed by atoms with van der Waals surface area (Å²) in [6.45, 7) is 2.64. The van der Waals surface area contributed by atoms with Gasteiger partial charge >= 0.3 is 5.97 Å². The van der Waals surface area contributed by atoms with Crippen LogP contribution < -0.4 is 0 Å². The van der Waals surface area contributed by atoms with E-state index in [2.05, 4.69) is 9.84 Å². The van der Waals surface area contributed by atoms with Crippen molar-refractivity contribution >= 4 is 23.1 Å². The Morgan fingerprint density at radius 3 is 2.85 bits per heavy atom. The van der Waals surface area contributed by atoms with Gasteiger partial charge in [0.1, 0.15) is 12.1 Å². The van der Waals surface area contributed by atoms with Crippen LogP contribution in [0, 0.1) is 0 Å². The fourth-order valence-corrected chi connectivity index (χ4v) is 2.60. The van der Waals surface area contributed by atoms with E-state index in [1.165, 1.54) is 7.11 Å². The van der Waals surface area contributed by atoms with E-state index >= 15 is 0 Å². The summed E-state index contributed by atoms with van der Waals surface area (Å²) in [4.78, 5) is 24.5. The van der Waals surface area contributed by atoms with E-state index in [9.17, 15) is 9.59 Å². The highest BCUT2D eigenvalue weighted by molar-refractivity contribution is 7.09. The van der Waals surface area contributed by atoms with Crippen LogP contribution >= 0.6 is 11.3 Å². The maximum Gasteiger partial charge on any atom is 0.313 e. The molecule has 0 radical (unpaired) electrons. The third-order valence-electron chi connectivity index (χ3n) is 2.90. The van der Waals surface area contributed by atoms with E-state index in [0.717, 1.165) is 10.4 Å². The minimum atomic E-state index is -0.539. The van der Waals surface area contributed by atoms with Crippen molar-refractivity contribution in [2.45, 2.75) is 26.3 Å². The first-order valence-corrected chi connectivity index (χ1v) is 7.20. The number of carbonyl (C=O) groups excluding carboxylic acids is 2. The maximum absolute atomic E-state index is 12.1. The largest absolute Gasteiger partial charge is 0.469 e. The van der Waals surface area contributed by atoms with Crippen molar-refractivity contribution in [3.63, 3.8) is 0 Å². The molecule has 6 heteroatoms. The standard InChI is InChI=1S/C14H16N2O3S/c1-3-16-9-10(7-11-5-4-6-20-11)14(15-16)12(17)8-13(18)19-2/h4-6,9H,3,7-8H2,1-2H3. The van der Waals surface area contributed by atoms with Gasteiger partial charge in [0.25, 0.3) is 0 Å². The van der Waals surface area contributed by atoms with Gasteiger partial charge in [-0.15, -0.1) is 11.3 Å². The van der Waals surface area contributed by atoms with Crippen LogP contribution in [-0.4, -0.2) is 28.6 Å². The fraction of sp³-hybridized carbons (Fsp3) is 0.357. The highest BCUT2D eigenvalue weighted by Gasteiger charge is 2.20. The van der Waals surface area contributed by atoms with E-state index in [4.69, 9.17) is 0 Å². The third kappa shape index (κ3) is 3.33. The molecule has 2 rings (SSSR count). The minimum absolute atomic E-state index is 0.269. The molecule has 2 aromatic rings. The van der Waals surface area contributed by atoms with E-state index in [0.29, 0.717) is 18.7 Å². The second kappa shape index (κ2) is 6.47. The lowest BCUT2D eigenvalue weighted by atomic mass is 10.1. The van der Waals surface area contributed by atoms with Crippen LogP contribution in [0.1, 0.15) is 34.3 Å². The van der Waals surface area contributed by atoms with Crippen LogP contribution in [0.4, 0.5) is 0 Å². The number of aromatic nitrogens is 2. The van der Waals surface area contributed by atoms with E-state index in [-0.39, 0.29) is 12.2 Å². The molecule has 2 heterocycles. The van der Waals surface area contributed by atoms with Crippen molar-refractivity contribution < 1.29 is 14.3 Å². The SMILES string of the molecule is CCn1cc(Cc2cccs2)c(C(=O)CC(=O)OC)n1. The summed E-state index contributed by atoms with van der Waals surface area (Å²) >= 11 is 1.63. The summed E-state index contributed by atoms with van der Waals surface area (Å²) in [7, 11) is 1.27. The molecule has 0 aliphatic rings. The molecule has 0 aromatic carbocycles. The summed E-state index contributed by atoms with van der Waals surface area (Å²) in [5.74, 6) is -0.835. The number of carbonyl (C=O) groups is 2. The number of aryl methyl sites for hydroxylation is 1. The lowest BCUT2D eigenvalue weighted by Crippen LogP contribution is -2.12. The monoisotopic (exact) mass is 292 g/mol. The maximum atomic E-state index is 12.1. The number of methoxy groups -OCH3 is 1. The van der Waals surface area contributed by atoms with Crippen LogP contribution in [0.5, 0.6) is 0 Å². The summed E-state index contributed by atoms with van der Waals surface area (Å²) < 4.78 is 6.24. The number of hydrogen-bond donors (Lipinski definition) is 0. The third-order valence-corrected chi connectivity index (χ3v) is 3.78. The lowest BCUT2D eigenvalue weighted by Gasteiger charge is -2.00. The molecule has 2 aromatic heterocycles. The predicted octanol–water partition coefficient (Wildman–Crippen LogP) is 2.30. The highest BCUT2D eigenvalue weighted by Crippen LogP contribution is 2.18. The molecular formula is C14H16N2O3S. The van der Waals surface area contributed by atoms with Gasteiger partial charge in [0.15, 0.2) is 5.78 Å². The van der Waals surface area contributed by atoms with Crippen molar-refractivity contribution in [3.05, 3.63) is 39.8 Å². The number of ketones is 1. The van der Waals surface area contributed by atoms with Crippen molar-refractivity contribution in [1.82, 2.24) is 9.78 Å². The van der Waals surface area contributed by atoms with Crippen LogP contribution in [0.2, 0.25) is 0 Å². The topological polar surface area (TPSA) is 61.2 Å². The van der Waals surface area contributed by atoms with Crippen LogP contribution in [0.3, 0.4) is 0 Å². The van der Waals surface area contributed by atoms with E-state index in [1.54, 1.807) is 16.0 Å². The van der Waals surface area contributed by atoms with Crippen molar-refractivity contribution in [2.75, 3.05) is 7.11 Å². The number of nitrogens with zero attached hydrogens (tertiary/aromatic N) is 2. The van der Waals surface area contributed by atoms with E-state index < -0.39 is 5.97 Å². The van der Waals surface area contributed by atoms with Crippen molar-refractivity contribution in [3.8, 4) is 0 Å². The van der Waals surface area contributed by atoms with Crippen LogP contribution in [0.25, 0.3) is 0 Å². The molecule has 5 nitrogen and oxygen atoms in total. The molecule has 0 aliphatic heterocycles. The zero-order chi connectivity index (χ0) is 14.5. The summed E-state index contributed by atoms with van der Waals surface area (Å²) in [6, 6.07) is 3.99. The Bertz CT molecular complexity index is 602. The number of ether oxygens (including phenoxy) is 1. The molecule has 0 fully saturated rings. The molecule has 0 N–H and O–H groups in total. The van der Waals surface area contributed by atoms with Gasteiger partial charge < -0.3 is 4.74 Å². The van der Waals surface area contributed by atoms with Gasteiger partial charge in [0.2, 0.25) is 0 Å². The molecule has 0 unspecified atom stereocenters. The molecule has 0 saturated carbocycles. The van der Waals surface area contributed by atoms with Gasteiger partial charge in [0.05, 0.1) is 7.11 Å². The average molecular weight is 292 g/mol. The van der Waals surface area contributed by atoms with Crippen LogP contribution in [-0.2, 0) is 22.5 Å². The molecule has 0 spiro atoms. The summed E-state index contributed by atoms with van der Waals surface area (Å²) in [5.41, 5.74) is 1.22. The predicted molar refractivity (Wildman–Crippen MR) is 76.0 cm³/mol. The van der Waals surface area contributed by atoms with Gasteiger partial charge in [-0.05, 0) is 18.4 Å². The van der Waals surface area contributed by atoms with Gasteiger partial charge in [-0.3, -0.25) is 14.3 Å². The van der Waals surface area contributed by atoms with Gasteiger partial charge in [-0.2, -0.15) is 5.10 Å². The Morgan fingerprint density at radius 1 is 1.45 bits per heavy atom. The molecule has 0 amide bonds. The Labute approximate surface area is 121 Å². The van der Waals surface area contributed by atoms with Crippen molar-refractivity contribution in [1.29, 1.82) is 0 Å². The molecule has 0 atom stereocenters. The van der Waals surface area contributed by atoms with E-state index in [1.807, 2.05) is 30.6 Å². The molecule has 0 aliphatic carbocycles. The van der Waals surface area contributed by atoms with Crippen molar-refractivity contribution in [2.24, 2.45) is 0 Å². The van der Waals surface area contributed by atoms with Crippen LogP contribution in [0.15, 0.2) is 23.7 Å². The first-order chi connectivity index (χ1) is 9.63. The summed E-state index contributed by atoms with van der Waals surface area (Å²) in [5, 5.41) is 6.26. The zero-order valence-corrected chi connectivity index (χ0v) is 12.3.